The fraction of sp³-hybridized carbons (Fsp3) is 0.417. The molecule has 1 aromatic carbocycles. The van der Waals surface area contributed by atoms with Crippen LogP contribution in [0.2, 0.25) is 0 Å². The van der Waals surface area contributed by atoms with Crippen LogP contribution in [0.1, 0.15) is 6.92 Å². The number of para-hydroxylation sites is 1. The SMILES string of the molecule is COC[C@@H](C)NC(=O)Cn1nnc2ccccc21. The van der Waals surface area contributed by atoms with Crippen molar-refractivity contribution in [3.05, 3.63) is 24.3 Å². The number of hydrogen-bond donors (Lipinski definition) is 1. The molecule has 0 aliphatic heterocycles. The molecule has 1 N–H and O–H groups in total. The number of amides is 1. The van der Waals surface area contributed by atoms with Gasteiger partial charge in [0.05, 0.1) is 12.1 Å². The second-order valence-corrected chi connectivity index (χ2v) is 4.16. The Bertz CT molecular complexity index is 538. The molecule has 0 spiro atoms. The zero-order valence-corrected chi connectivity index (χ0v) is 10.5. The number of fused-ring (bicyclic) bond motifs is 1. The molecule has 0 bridgehead atoms. The van der Waals surface area contributed by atoms with Crippen LogP contribution in [0.5, 0.6) is 0 Å². The summed E-state index contributed by atoms with van der Waals surface area (Å²) in [6, 6.07) is 7.53. The number of carbonyl (C=O) groups is 1. The van der Waals surface area contributed by atoms with Gasteiger partial charge in [-0.15, -0.1) is 5.10 Å². The number of hydrogen-bond acceptors (Lipinski definition) is 4. The van der Waals surface area contributed by atoms with E-state index in [0.717, 1.165) is 11.0 Å². The van der Waals surface area contributed by atoms with Crippen LogP contribution in [0.3, 0.4) is 0 Å². The molecule has 0 aliphatic rings. The van der Waals surface area contributed by atoms with Crippen molar-refractivity contribution in [2.75, 3.05) is 13.7 Å². The summed E-state index contributed by atoms with van der Waals surface area (Å²) >= 11 is 0. The molecule has 0 fully saturated rings. The molecule has 0 radical (unpaired) electrons. The molecule has 0 unspecified atom stereocenters. The first-order valence-electron chi connectivity index (χ1n) is 5.77. The number of nitrogens with one attached hydrogen (secondary N) is 1. The number of ether oxygens (including phenoxy) is 1. The average molecular weight is 248 g/mol. The normalized spacial score (nSPS) is 12.6. The van der Waals surface area contributed by atoms with E-state index in [4.69, 9.17) is 4.74 Å². The number of benzene rings is 1. The Morgan fingerprint density at radius 2 is 2.28 bits per heavy atom. The Morgan fingerprint density at radius 3 is 3.06 bits per heavy atom. The topological polar surface area (TPSA) is 69.0 Å². The summed E-state index contributed by atoms with van der Waals surface area (Å²) < 4.78 is 6.55. The number of aromatic nitrogens is 3. The van der Waals surface area contributed by atoms with Crippen LogP contribution in [-0.4, -0.2) is 40.7 Å². The van der Waals surface area contributed by atoms with Gasteiger partial charge in [0.15, 0.2) is 0 Å². The average Bonchev–Trinajstić information content (AvgIpc) is 2.73. The molecular formula is C12H16N4O2. The third-order valence-electron chi connectivity index (χ3n) is 2.54. The van der Waals surface area contributed by atoms with Gasteiger partial charge in [0, 0.05) is 13.2 Å². The van der Waals surface area contributed by atoms with E-state index in [-0.39, 0.29) is 18.5 Å². The van der Waals surface area contributed by atoms with Gasteiger partial charge in [-0.2, -0.15) is 0 Å². The van der Waals surface area contributed by atoms with E-state index in [2.05, 4.69) is 15.6 Å². The fourth-order valence-electron chi connectivity index (χ4n) is 1.78. The lowest BCUT2D eigenvalue weighted by molar-refractivity contribution is -0.122. The van der Waals surface area contributed by atoms with Gasteiger partial charge >= 0.3 is 0 Å². The van der Waals surface area contributed by atoms with Crippen LogP contribution >= 0.6 is 0 Å². The molecule has 18 heavy (non-hydrogen) atoms. The Kier molecular flexibility index (Phi) is 3.88. The lowest BCUT2D eigenvalue weighted by Gasteiger charge is -2.12. The second kappa shape index (κ2) is 5.59. The number of nitrogens with zero attached hydrogens (tertiary/aromatic N) is 3. The highest BCUT2D eigenvalue weighted by molar-refractivity contribution is 5.79. The minimum atomic E-state index is -0.102. The molecule has 0 aliphatic carbocycles. The molecule has 6 nitrogen and oxygen atoms in total. The predicted molar refractivity (Wildman–Crippen MR) is 67.0 cm³/mol. The van der Waals surface area contributed by atoms with E-state index < -0.39 is 0 Å². The maximum absolute atomic E-state index is 11.8. The van der Waals surface area contributed by atoms with Crippen LogP contribution < -0.4 is 5.32 Å². The highest BCUT2D eigenvalue weighted by atomic mass is 16.5. The Morgan fingerprint density at radius 1 is 1.50 bits per heavy atom. The highest BCUT2D eigenvalue weighted by Gasteiger charge is 2.10. The van der Waals surface area contributed by atoms with Gasteiger partial charge in [0.1, 0.15) is 12.1 Å². The molecule has 2 aromatic rings. The van der Waals surface area contributed by atoms with E-state index in [0.29, 0.717) is 6.61 Å². The van der Waals surface area contributed by atoms with Gasteiger partial charge in [-0.25, -0.2) is 4.68 Å². The first kappa shape index (κ1) is 12.5. The Hall–Kier alpha value is -1.95. The molecule has 2 rings (SSSR count). The molecule has 6 heteroatoms. The van der Waals surface area contributed by atoms with Crippen molar-refractivity contribution in [2.45, 2.75) is 19.5 Å². The molecule has 0 saturated carbocycles. The smallest absolute Gasteiger partial charge is 0.242 e. The summed E-state index contributed by atoms with van der Waals surface area (Å²) in [5.41, 5.74) is 1.64. The van der Waals surface area contributed by atoms with E-state index in [1.807, 2.05) is 31.2 Å². The molecule has 0 saturated heterocycles. The van der Waals surface area contributed by atoms with Crippen molar-refractivity contribution in [1.29, 1.82) is 0 Å². The highest BCUT2D eigenvalue weighted by Crippen LogP contribution is 2.09. The van der Waals surface area contributed by atoms with Crippen molar-refractivity contribution in [2.24, 2.45) is 0 Å². The summed E-state index contributed by atoms with van der Waals surface area (Å²) in [6.45, 7) is 2.54. The Balaban J connectivity index is 2.03. The fourth-order valence-corrected chi connectivity index (χ4v) is 1.78. The van der Waals surface area contributed by atoms with Crippen LogP contribution in [0, 0.1) is 0 Å². The van der Waals surface area contributed by atoms with E-state index in [1.54, 1.807) is 11.8 Å². The maximum Gasteiger partial charge on any atom is 0.242 e. The third-order valence-corrected chi connectivity index (χ3v) is 2.54. The van der Waals surface area contributed by atoms with Crippen molar-refractivity contribution < 1.29 is 9.53 Å². The Labute approximate surface area is 105 Å². The first-order valence-corrected chi connectivity index (χ1v) is 5.77. The minimum Gasteiger partial charge on any atom is -0.383 e. The minimum absolute atomic E-state index is 0.0164. The largest absolute Gasteiger partial charge is 0.383 e. The quantitative estimate of drug-likeness (QED) is 0.840. The van der Waals surface area contributed by atoms with Crippen LogP contribution in [-0.2, 0) is 16.1 Å². The number of carbonyl (C=O) groups excluding carboxylic acids is 1. The maximum atomic E-state index is 11.8. The lowest BCUT2D eigenvalue weighted by atomic mass is 10.3. The number of rotatable bonds is 5. The van der Waals surface area contributed by atoms with Gasteiger partial charge in [-0.05, 0) is 19.1 Å². The van der Waals surface area contributed by atoms with Crippen molar-refractivity contribution in [3.63, 3.8) is 0 Å². The zero-order chi connectivity index (χ0) is 13.0. The van der Waals surface area contributed by atoms with Crippen molar-refractivity contribution >= 4 is 16.9 Å². The van der Waals surface area contributed by atoms with E-state index in [1.165, 1.54) is 0 Å². The van der Waals surface area contributed by atoms with Gasteiger partial charge in [-0.1, -0.05) is 17.3 Å². The first-order chi connectivity index (χ1) is 8.70. The van der Waals surface area contributed by atoms with Gasteiger partial charge in [0.2, 0.25) is 5.91 Å². The summed E-state index contributed by atoms with van der Waals surface area (Å²) in [6.07, 6.45) is 0. The van der Waals surface area contributed by atoms with Gasteiger partial charge in [-0.3, -0.25) is 4.79 Å². The summed E-state index contributed by atoms with van der Waals surface area (Å²) in [5, 5.41) is 10.8. The summed E-state index contributed by atoms with van der Waals surface area (Å²) in [5.74, 6) is -0.102. The molecule has 1 atom stereocenters. The van der Waals surface area contributed by atoms with Crippen molar-refractivity contribution in [1.82, 2.24) is 20.3 Å². The summed E-state index contributed by atoms with van der Waals surface area (Å²) in [7, 11) is 1.60. The lowest BCUT2D eigenvalue weighted by Crippen LogP contribution is -2.37. The van der Waals surface area contributed by atoms with Gasteiger partial charge < -0.3 is 10.1 Å². The molecule has 96 valence electrons. The monoisotopic (exact) mass is 248 g/mol. The zero-order valence-electron chi connectivity index (χ0n) is 10.5. The van der Waals surface area contributed by atoms with Crippen LogP contribution in [0.4, 0.5) is 0 Å². The molecule has 1 heterocycles. The standard InChI is InChI=1S/C12H16N4O2/c1-9(8-18-2)13-12(17)7-16-11-6-4-3-5-10(11)14-15-16/h3-6,9H,7-8H2,1-2H3,(H,13,17)/t9-/m1/s1. The molecule has 1 aromatic heterocycles. The third kappa shape index (κ3) is 2.84. The van der Waals surface area contributed by atoms with E-state index in [9.17, 15) is 4.79 Å². The number of methoxy groups -OCH3 is 1. The summed E-state index contributed by atoms with van der Waals surface area (Å²) in [4.78, 5) is 11.8. The van der Waals surface area contributed by atoms with Crippen molar-refractivity contribution in [3.8, 4) is 0 Å². The predicted octanol–water partition coefficient (Wildman–Crippen LogP) is 0.582. The van der Waals surface area contributed by atoms with E-state index >= 15 is 0 Å². The van der Waals surface area contributed by atoms with Gasteiger partial charge in [0.25, 0.3) is 0 Å². The van der Waals surface area contributed by atoms with Crippen LogP contribution in [0.25, 0.3) is 11.0 Å². The molecular weight excluding hydrogens is 232 g/mol. The van der Waals surface area contributed by atoms with Crippen LogP contribution in [0.15, 0.2) is 24.3 Å². The second-order valence-electron chi connectivity index (χ2n) is 4.16. The molecule has 1 amide bonds.